The van der Waals surface area contributed by atoms with Gasteiger partial charge in [0.05, 0.1) is 19.9 Å². The van der Waals surface area contributed by atoms with Crippen LogP contribution in [-0.4, -0.2) is 44.2 Å². The lowest BCUT2D eigenvalue weighted by molar-refractivity contribution is -0.119. The van der Waals surface area contributed by atoms with Gasteiger partial charge in [-0.05, 0) is 12.1 Å². The molecule has 8 nitrogen and oxygen atoms in total. The van der Waals surface area contributed by atoms with Crippen LogP contribution >= 0.6 is 11.3 Å². The molecule has 26 heavy (non-hydrogen) atoms. The number of thiazole rings is 1. The third kappa shape index (κ3) is 5.21. The van der Waals surface area contributed by atoms with Crippen molar-refractivity contribution in [3.05, 3.63) is 41.9 Å². The van der Waals surface area contributed by atoms with Gasteiger partial charge in [-0.15, -0.1) is 17.9 Å². The van der Waals surface area contributed by atoms with Crippen molar-refractivity contribution in [1.29, 1.82) is 0 Å². The van der Waals surface area contributed by atoms with E-state index in [2.05, 4.69) is 22.2 Å². The second-order valence-corrected chi connectivity index (χ2v) is 5.76. The standard InChI is InChI=1S/C17H19N3O5S/c1-4-7-18-17-20-13(10-26-17)16(22)25-9-15(21)19-12-6-5-11(23-2)8-14(12)24-3/h4-6,8,10H,1,7,9H2,2-3H3,(H,18,20)(H,19,21). The summed E-state index contributed by atoms with van der Waals surface area (Å²) < 4.78 is 15.3. The molecule has 2 N–H and O–H groups in total. The molecule has 2 aromatic rings. The number of nitrogens with one attached hydrogen (secondary N) is 2. The Morgan fingerprint density at radius 1 is 1.31 bits per heavy atom. The molecule has 0 aliphatic heterocycles. The molecule has 0 bridgehead atoms. The summed E-state index contributed by atoms with van der Waals surface area (Å²) in [7, 11) is 3.01. The molecule has 1 aromatic heterocycles. The highest BCUT2D eigenvalue weighted by molar-refractivity contribution is 7.13. The van der Waals surface area contributed by atoms with Crippen LogP contribution in [0.25, 0.3) is 0 Å². The number of nitrogens with zero attached hydrogens (tertiary/aromatic N) is 1. The van der Waals surface area contributed by atoms with E-state index in [-0.39, 0.29) is 5.69 Å². The van der Waals surface area contributed by atoms with E-state index in [1.807, 2.05) is 0 Å². The molecular weight excluding hydrogens is 358 g/mol. The summed E-state index contributed by atoms with van der Waals surface area (Å²) in [6.07, 6.45) is 1.68. The average molecular weight is 377 g/mol. The first-order valence-electron chi connectivity index (χ1n) is 7.56. The van der Waals surface area contributed by atoms with Crippen molar-refractivity contribution in [2.75, 3.05) is 38.0 Å². The Labute approximate surface area is 154 Å². The van der Waals surface area contributed by atoms with E-state index < -0.39 is 18.5 Å². The normalized spacial score (nSPS) is 9.92. The van der Waals surface area contributed by atoms with Crippen LogP contribution in [-0.2, 0) is 9.53 Å². The summed E-state index contributed by atoms with van der Waals surface area (Å²) in [4.78, 5) is 28.0. The van der Waals surface area contributed by atoms with Crippen molar-refractivity contribution >= 4 is 34.0 Å². The first kappa shape index (κ1) is 19.3. The molecular formula is C17H19N3O5S. The molecule has 0 aliphatic rings. The summed E-state index contributed by atoms with van der Waals surface area (Å²) in [5.74, 6) is -0.149. The summed E-state index contributed by atoms with van der Waals surface area (Å²) in [5.41, 5.74) is 0.579. The van der Waals surface area contributed by atoms with Crippen molar-refractivity contribution in [3.63, 3.8) is 0 Å². The lowest BCUT2D eigenvalue weighted by Gasteiger charge is -2.11. The number of methoxy groups -OCH3 is 2. The van der Waals surface area contributed by atoms with E-state index in [9.17, 15) is 9.59 Å². The molecule has 1 heterocycles. The zero-order chi connectivity index (χ0) is 18.9. The van der Waals surface area contributed by atoms with Gasteiger partial charge in [-0.2, -0.15) is 0 Å². The van der Waals surface area contributed by atoms with Gasteiger partial charge in [-0.25, -0.2) is 9.78 Å². The predicted molar refractivity (Wildman–Crippen MR) is 99.3 cm³/mol. The molecule has 138 valence electrons. The van der Waals surface area contributed by atoms with Gasteiger partial charge in [0.2, 0.25) is 0 Å². The van der Waals surface area contributed by atoms with Gasteiger partial charge < -0.3 is 24.8 Å². The second kappa shape index (κ2) is 9.42. The van der Waals surface area contributed by atoms with Crippen molar-refractivity contribution in [3.8, 4) is 11.5 Å². The summed E-state index contributed by atoms with van der Waals surface area (Å²) in [6.45, 7) is 3.68. The summed E-state index contributed by atoms with van der Waals surface area (Å²) >= 11 is 1.26. The summed E-state index contributed by atoms with van der Waals surface area (Å²) in [6, 6.07) is 4.95. The smallest absolute Gasteiger partial charge is 0.358 e. The second-order valence-electron chi connectivity index (χ2n) is 4.90. The number of aromatic nitrogens is 1. The number of carbonyl (C=O) groups excluding carboxylic acids is 2. The maximum atomic E-state index is 12.0. The highest BCUT2D eigenvalue weighted by atomic mass is 32.1. The molecule has 1 aromatic carbocycles. The van der Waals surface area contributed by atoms with E-state index in [0.29, 0.717) is 28.9 Å². The number of amides is 1. The van der Waals surface area contributed by atoms with Crippen LogP contribution in [0.2, 0.25) is 0 Å². The quantitative estimate of drug-likeness (QED) is 0.512. The zero-order valence-corrected chi connectivity index (χ0v) is 15.2. The van der Waals surface area contributed by atoms with Gasteiger partial charge in [0.25, 0.3) is 5.91 Å². The van der Waals surface area contributed by atoms with Crippen LogP contribution in [0.5, 0.6) is 11.5 Å². The zero-order valence-electron chi connectivity index (χ0n) is 14.4. The van der Waals surface area contributed by atoms with E-state index in [4.69, 9.17) is 14.2 Å². The van der Waals surface area contributed by atoms with Crippen LogP contribution in [0.15, 0.2) is 36.2 Å². The Balaban J connectivity index is 1.89. The van der Waals surface area contributed by atoms with Crippen molar-refractivity contribution in [2.24, 2.45) is 0 Å². The Morgan fingerprint density at radius 3 is 2.81 bits per heavy atom. The van der Waals surface area contributed by atoms with Crippen LogP contribution < -0.4 is 20.1 Å². The van der Waals surface area contributed by atoms with Gasteiger partial charge >= 0.3 is 5.97 Å². The number of carbonyl (C=O) groups is 2. The topological polar surface area (TPSA) is 98.8 Å². The maximum absolute atomic E-state index is 12.0. The highest BCUT2D eigenvalue weighted by Crippen LogP contribution is 2.28. The number of esters is 1. The minimum absolute atomic E-state index is 0.136. The number of rotatable bonds is 9. The van der Waals surface area contributed by atoms with Gasteiger partial charge in [0.15, 0.2) is 17.4 Å². The first-order chi connectivity index (χ1) is 12.6. The summed E-state index contributed by atoms with van der Waals surface area (Å²) in [5, 5.41) is 7.71. The average Bonchev–Trinajstić information content (AvgIpc) is 3.13. The number of hydrogen-bond donors (Lipinski definition) is 2. The largest absolute Gasteiger partial charge is 0.497 e. The SMILES string of the molecule is C=CCNc1nc(C(=O)OCC(=O)Nc2ccc(OC)cc2OC)cs1. The Hall–Kier alpha value is -3.07. The van der Waals surface area contributed by atoms with Gasteiger partial charge in [-0.1, -0.05) is 6.08 Å². The number of benzene rings is 1. The third-order valence-electron chi connectivity index (χ3n) is 3.13. The highest BCUT2D eigenvalue weighted by Gasteiger charge is 2.15. The van der Waals surface area contributed by atoms with Crippen molar-refractivity contribution in [2.45, 2.75) is 0 Å². The molecule has 1 amide bonds. The van der Waals surface area contributed by atoms with Crippen LogP contribution in [0.3, 0.4) is 0 Å². The molecule has 2 rings (SSSR count). The number of hydrogen-bond acceptors (Lipinski definition) is 8. The molecule has 0 saturated carbocycles. The number of anilines is 2. The van der Waals surface area contributed by atoms with Gasteiger partial charge in [-0.3, -0.25) is 4.79 Å². The lowest BCUT2D eigenvalue weighted by Crippen LogP contribution is -2.21. The van der Waals surface area contributed by atoms with Crippen molar-refractivity contribution < 1.29 is 23.8 Å². The first-order valence-corrected chi connectivity index (χ1v) is 8.44. The van der Waals surface area contributed by atoms with Crippen LogP contribution in [0.4, 0.5) is 10.8 Å². The molecule has 0 radical (unpaired) electrons. The fraction of sp³-hybridized carbons (Fsp3) is 0.235. The minimum Gasteiger partial charge on any atom is -0.497 e. The predicted octanol–water partition coefficient (Wildman–Crippen LogP) is 2.55. The fourth-order valence-corrected chi connectivity index (χ4v) is 2.59. The lowest BCUT2D eigenvalue weighted by atomic mass is 10.2. The van der Waals surface area contributed by atoms with E-state index >= 15 is 0 Å². The fourth-order valence-electron chi connectivity index (χ4n) is 1.90. The van der Waals surface area contributed by atoms with E-state index in [0.717, 1.165) is 0 Å². The van der Waals surface area contributed by atoms with Gasteiger partial charge in [0.1, 0.15) is 11.5 Å². The Kier molecular flexibility index (Phi) is 6.98. The molecule has 0 unspecified atom stereocenters. The third-order valence-corrected chi connectivity index (χ3v) is 3.93. The molecule has 0 fully saturated rings. The molecule has 0 atom stereocenters. The Bertz CT molecular complexity index is 790. The molecule has 0 saturated heterocycles. The Morgan fingerprint density at radius 2 is 2.12 bits per heavy atom. The van der Waals surface area contributed by atoms with E-state index in [1.54, 1.807) is 29.7 Å². The minimum atomic E-state index is -0.676. The molecule has 9 heteroatoms. The van der Waals surface area contributed by atoms with Crippen molar-refractivity contribution in [1.82, 2.24) is 4.98 Å². The maximum Gasteiger partial charge on any atom is 0.358 e. The van der Waals surface area contributed by atoms with Gasteiger partial charge in [0, 0.05) is 18.0 Å². The van der Waals surface area contributed by atoms with Crippen LogP contribution in [0, 0.1) is 0 Å². The molecule has 0 aliphatic carbocycles. The van der Waals surface area contributed by atoms with Crippen LogP contribution in [0.1, 0.15) is 10.5 Å². The number of ether oxygens (including phenoxy) is 3. The molecule has 0 spiro atoms. The monoisotopic (exact) mass is 377 g/mol. The van der Waals surface area contributed by atoms with E-state index in [1.165, 1.54) is 25.6 Å².